The van der Waals surface area contributed by atoms with Crippen LogP contribution < -0.4 is 5.73 Å². The van der Waals surface area contributed by atoms with E-state index in [4.69, 9.17) is 17.3 Å². The number of nitrogens with two attached hydrogens (primary N) is 1. The van der Waals surface area contributed by atoms with Crippen molar-refractivity contribution in [2.75, 3.05) is 6.61 Å². The number of phenols is 1. The predicted octanol–water partition coefficient (Wildman–Crippen LogP) is 2.31. The highest BCUT2D eigenvalue weighted by molar-refractivity contribution is 6.32. The molecule has 1 aliphatic rings. The van der Waals surface area contributed by atoms with E-state index in [9.17, 15) is 10.2 Å². The van der Waals surface area contributed by atoms with Crippen LogP contribution >= 0.6 is 11.6 Å². The van der Waals surface area contributed by atoms with Gasteiger partial charge in [0, 0.05) is 5.56 Å². The third-order valence-corrected chi connectivity index (χ3v) is 3.72. The second-order valence-electron chi connectivity index (χ2n) is 4.61. The molecule has 0 radical (unpaired) electrons. The van der Waals surface area contributed by atoms with E-state index >= 15 is 0 Å². The zero-order chi connectivity index (χ0) is 12.4. The number of phenolic OH excluding ortho intramolecular Hbond substituents is 1. The summed E-state index contributed by atoms with van der Waals surface area (Å²) in [5.74, 6) is 0.0360. The third-order valence-electron chi connectivity index (χ3n) is 3.44. The summed E-state index contributed by atoms with van der Waals surface area (Å²) in [5.41, 5.74) is 8.77. The summed E-state index contributed by atoms with van der Waals surface area (Å²) in [6.07, 6.45) is 5.30. The fraction of sp³-hybridized carbons (Fsp3) is 0.538. The number of benzene rings is 1. The van der Waals surface area contributed by atoms with Crippen molar-refractivity contribution in [3.05, 3.63) is 27.8 Å². The number of aliphatic hydroxyl groups is 1. The smallest absolute Gasteiger partial charge is 0.139 e. The first-order valence-electron chi connectivity index (χ1n) is 6.04. The number of hydrogen-bond donors (Lipinski definition) is 3. The standard InChI is InChI=1S/C13H18ClNO2/c14-10-6-8-4-2-1-3-5-9(8)12(13(10)17)11(15)7-16/h6,11,16-17H,1-5,7,15H2. The Labute approximate surface area is 106 Å². The van der Waals surface area contributed by atoms with Gasteiger partial charge in [0.1, 0.15) is 5.75 Å². The lowest BCUT2D eigenvalue weighted by Crippen LogP contribution is -2.17. The molecule has 0 heterocycles. The topological polar surface area (TPSA) is 66.5 Å². The number of aliphatic hydroxyl groups excluding tert-OH is 1. The van der Waals surface area contributed by atoms with Gasteiger partial charge >= 0.3 is 0 Å². The molecule has 1 unspecified atom stereocenters. The van der Waals surface area contributed by atoms with E-state index in [1.165, 1.54) is 12.0 Å². The van der Waals surface area contributed by atoms with Gasteiger partial charge in [-0.15, -0.1) is 0 Å². The van der Waals surface area contributed by atoms with Crippen LogP contribution in [-0.4, -0.2) is 16.8 Å². The highest BCUT2D eigenvalue weighted by Gasteiger charge is 2.22. The van der Waals surface area contributed by atoms with Crippen LogP contribution in [0.15, 0.2) is 6.07 Å². The average Bonchev–Trinajstić information content (AvgIpc) is 2.55. The zero-order valence-corrected chi connectivity index (χ0v) is 10.5. The van der Waals surface area contributed by atoms with Crippen molar-refractivity contribution in [2.45, 2.75) is 38.1 Å². The van der Waals surface area contributed by atoms with Gasteiger partial charge in [-0.1, -0.05) is 18.0 Å². The molecule has 0 fully saturated rings. The Morgan fingerprint density at radius 3 is 2.71 bits per heavy atom. The van der Waals surface area contributed by atoms with Gasteiger partial charge in [-0.3, -0.25) is 0 Å². The molecule has 3 nitrogen and oxygen atoms in total. The molecule has 0 bridgehead atoms. The van der Waals surface area contributed by atoms with Gasteiger partial charge in [-0.2, -0.15) is 0 Å². The third kappa shape index (κ3) is 2.41. The maximum absolute atomic E-state index is 10.0. The van der Waals surface area contributed by atoms with E-state index in [0.717, 1.165) is 31.2 Å². The lowest BCUT2D eigenvalue weighted by Gasteiger charge is -2.19. The summed E-state index contributed by atoms with van der Waals surface area (Å²) in [6, 6.07) is 1.28. The van der Waals surface area contributed by atoms with Crippen molar-refractivity contribution in [3.63, 3.8) is 0 Å². The van der Waals surface area contributed by atoms with Crippen LogP contribution in [0.1, 0.15) is 42.0 Å². The number of hydrogen-bond acceptors (Lipinski definition) is 3. The molecule has 4 N–H and O–H groups in total. The molecule has 1 atom stereocenters. The second kappa shape index (κ2) is 5.25. The van der Waals surface area contributed by atoms with E-state index in [1.54, 1.807) is 0 Å². The van der Waals surface area contributed by atoms with E-state index in [1.807, 2.05) is 6.07 Å². The van der Waals surface area contributed by atoms with Crippen molar-refractivity contribution in [1.29, 1.82) is 0 Å². The van der Waals surface area contributed by atoms with Crippen molar-refractivity contribution in [2.24, 2.45) is 5.73 Å². The minimum atomic E-state index is -0.555. The minimum absolute atomic E-state index is 0.0360. The Balaban J connectivity index is 2.57. The molecule has 0 aromatic heterocycles. The molecule has 94 valence electrons. The molecule has 4 heteroatoms. The molecule has 0 saturated heterocycles. The molecular formula is C13H18ClNO2. The van der Waals surface area contributed by atoms with Crippen molar-refractivity contribution >= 4 is 11.6 Å². The molecule has 0 spiro atoms. The zero-order valence-electron chi connectivity index (χ0n) is 9.75. The van der Waals surface area contributed by atoms with Crippen molar-refractivity contribution < 1.29 is 10.2 Å². The fourth-order valence-corrected chi connectivity index (χ4v) is 2.79. The minimum Gasteiger partial charge on any atom is -0.506 e. The van der Waals surface area contributed by atoms with E-state index in [2.05, 4.69) is 0 Å². The molecule has 0 saturated carbocycles. The first-order chi connectivity index (χ1) is 8.15. The van der Waals surface area contributed by atoms with Crippen LogP contribution in [-0.2, 0) is 12.8 Å². The van der Waals surface area contributed by atoms with Crippen molar-refractivity contribution in [1.82, 2.24) is 0 Å². The Hall–Kier alpha value is -0.770. The maximum atomic E-state index is 10.0. The average molecular weight is 256 g/mol. The van der Waals surface area contributed by atoms with Gasteiger partial charge in [0.2, 0.25) is 0 Å². The van der Waals surface area contributed by atoms with E-state index in [0.29, 0.717) is 10.6 Å². The van der Waals surface area contributed by atoms with Gasteiger partial charge in [0.25, 0.3) is 0 Å². The molecule has 0 aliphatic heterocycles. The largest absolute Gasteiger partial charge is 0.506 e. The van der Waals surface area contributed by atoms with Crippen LogP contribution in [0.3, 0.4) is 0 Å². The summed E-state index contributed by atoms with van der Waals surface area (Å²) in [5, 5.41) is 19.6. The Kier molecular flexibility index (Phi) is 3.92. The summed E-state index contributed by atoms with van der Waals surface area (Å²) in [6.45, 7) is -0.180. The highest BCUT2D eigenvalue weighted by Crippen LogP contribution is 2.38. The Morgan fingerprint density at radius 2 is 2.00 bits per heavy atom. The van der Waals surface area contributed by atoms with E-state index < -0.39 is 6.04 Å². The molecule has 2 rings (SSSR count). The Bertz CT molecular complexity index is 420. The van der Waals surface area contributed by atoms with E-state index in [-0.39, 0.29) is 12.4 Å². The van der Waals surface area contributed by atoms with Gasteiger partial charge < -0.3 is 15.9 Å². The van der Waals surface area contributed by atoms with Gasteiger partial charge in [-0.25, -0.2) is 0 Å². The van der Waals surface area contributed by atoms with Crippen LogP contribution in [0.4, 0.5) is 0 Å². The molecular weight excluding hydrogens is 238 g/mol. The number of halogens is 1. The summed E-state index contributed by atoms with van der Waals surface area (Å²) in [4.78, 5) is 0. The van der Waals surface area contributed by atoms with Gasteiger partial charge in [-0.05, 0) is 42.9 Å². The van der Waals surface area contributed by atoms with Gasteiger partial charge in [0.15, 0.2) is 0 Å². The number of rotatable bonds is 2. The fourth-order valence-electron chi connectivity index (χ4n) is 2.56. The molecule has 1 aromatic carbocycles. The van der Waals surface area contributed by atoms with Crippen LogP contribution in [0.25, 0.3) is 0 Å². The number of aryl methyl sites for hydroxylation is 1. The summed E-state index contributed by atoms with van der Waals surface area (Å²) >= 11 is 6.02. The van der Waals surface area contributed by atoms with Gasteiger partial charge in [0.05, 0.1) is 17.7 Å². The first kappa shape index (κ1) is 12.7. The molecule has 0 amide bonds. The second-order valence-corrected chi connectivity index (χ2v) is 5.02. The lowest BCUT2D eigenvalue weighted by atomic mass is 9.92. The SMILES string of the molecule is NC(CO)c1c(O)c(Cl)cc2c1CCCCC2. The highest BCUT2D eigenvalue weighted by atomic mass is 35.5. The summed E-state index contributed by atoms with van der Waals surface area (Å²) < 4.78 is 0. The van der Waals surface area contributed by atoms with Crippen LogP contribution in [0.5, 0.6) is 5.75 Å². The molecule has 1 aliphatic carbocycles. The first-order valence-corrected chi connectivity index (χ1v) is 6.42. The number of fused-ring (bicyclic) bond motifs is 1. The van der Waals surface area contributed by atoms with Crippen LogP contribution in [0.2, 0.25) is 5.02 Å². The monoisotopic (exact) mass is 255 g/mol. The predicted molar refractivity (Wildman–Crippen MR) is 68.4 cm³/mol. The lowest BCUT2D eigenvalue weighted by molar-refractivity contribution is 0.264. The Morgan fingerprint density at radius 1 is 1.29 bits per heavy atom. The number of aromatic hydroxyl groups is 1. The van der Waals surface area contributed by atoms with Crippen LogP contribution in [0, 0.1) is 0 Å². The quantitative estimate of drug-likeness (QED) is 0.711. The van der Waals surface area contributed by atoms with Crippen molar-refractivity contribution in [3.8, 4) is 5.75 Å². The normalized spacial score (nSPS) is 17.4. The maximum Gasteiger partial charge on any atom is 0.139 e. The molecule has 1 aromatic rings. The summed E-state index contributed by atoms with van der Waals surface area (Å²) in [7, 11) is 0. The molecule has 17 heavy (non-hydrogen) atoms.